The molecule has 2 N–H and O–H groups in total. The topological polar surface area (TPSA) is 86.5 Å². The predicted octanol–water partition coefficient (Wildman–Crippen LogP) is 1.18. The Labute approximate surface area is 104 Å². The van der Waals surface area contributed by atoms with Crippen molar-refractivity contribution in [3.63, 3.8) is 0 Å². The van der Waals surface area contributed by atoms with Crippen molar-refractivity contribution >= 4 is 16.0 Å². The summed E-state index contributed by atoms with van der Waals surface area (Å²) in [4.78, 5) is 11.3. The second kappa shape index (κ2) is 4.66. The highest BCUT2D eigenvalue weighted by molar-refractivity contribution is 7.89. The van der Waals surface area contributed by atoms with E-state index >= 15 is 0 Å². The van der Waals surface area contributed by atoms with Gasteiger partial charge in [0, 0.05) is 0 Å². The molecule has 1 aliphatic rings. The minimum absolute atomic E-state index is 0.199. The molecule has 1 aromatic carbocycles. The highest BCUT2D eigenvalue weighted by Crippen LogP contribution is 2.24. The van der Waals surface area contributed by atoms with Gasteiger partial charge in [0.25, 0.3) is 0 Å². The smallest absolute Gasteiger partial charge is 0.341 e. The van der Waals surface area contributed by atoms with E-state index in [2.05, 4.69) is 0 Å². The molecule has 1 aliphatic carbocycles. The maximum Gasteiger partial charge on any atom is 0.341 e. The second-order valence-corrected chi connectivity index (χ2v) is 5.71. The van der Waals surface area contributed by atoms with Gasteiger partial charge in [0.1, 0.15) is 11.9 Å². The van der Waals surface area contributed by atoms with Crippen LogP contribution < -0.4 is 5.14 Å². The first-order valence-electron chi connectivity index (χ1n) is 5.41. The monoisotopic (exact) mass is 273 g/mol. The Morgan fingerprint density at radius 1 is 1.39 bits per heavy atom. The summed E-state index contributed by atoms with van der Waals surface area (Å²) in [5, 5.41) is 4.91. The molecule has 98 valence electrons. The zero-order valence-corrected chi connectivity index (χ0v) is 10.2. The normalized spacial score (nSPS) is 16.1. The number of rotatable bonds is 3. The first kappa shape index (κ1) is 13.0. The number of hydrogen-bond acceptors (Lipinski definition) is 4. The zero-order valence-electron chi connectivity index (χ0n) is 9.43. The van der Waals surface area contributed by atoms with Crippen molar-refractivity contribution in [1.29, 1.82) is 0 Å². The molecule has 0 bridgehead atoms. The maximum absolute atomic E-state index is 13.4. The number of halogens is 1. The number of benzene rings is 1. The molecule has 18 heavy (non-hydrogen) atoms. The van der Waals surface area contributed by atoms with Crippen LogP contribution in [0.1, 0.15) is 29.6 Å². The molecule has 1 fully saturated rings. The molecule has 5 nitrogen and oxygen atoms in total. The van der Waals surface area contributed by atoms with E-state index in [1.54, 1.807) is 0 Å². The number of esters is 1. The van der Waals surface area contributed by atoms with Gasteiger partial charge in [0.05, 0.1) is 10.5 Å². The lowest BCUT2D eigenvalue weighted by molar-refractivity contribution is 0.00851. The lowest BCUT2D eigenvalue weighted by atomic mass is 9.96. The molecule has 0 radical (unpaired) electrons. The van der Waals surface area contributed by atoms with E-state index in [1.807, 2.05) is 0 Å². The fourth-order valence-electron chi connectivity index (χ4n) is 1.54. The third-order valence-electron chi connectivity index (χ3n) is 2.81. The average Bonchev–Trinajstić information content (AvgIpc) is 2.22. The molecule has 0 amide bonds. The number of primary sulfonamides is 1. The van der Waals surface area contributed by atoms with Crippen LogP contribution in [-0.2, 0) is 14.8 Å². The van der Waals surface area contributed by atoms with Gasteiger partial charge in [-0.3, -0.25) is 0 Å². The van der Waals surface area contributed by atoms with E-state index in [0.717, 1.165) is 37.5 Å². The molecular weight excluding hydrogens is 261 g/mol. The van der Waals surface area contributed by atoms with Crippen molar-refractivity contribution in [3.05, 3.63) is 29.6 Å². The third kappa shape index (κ3) is 2.68. The Morgan fingerprint density at radius 2 is 2.06 bits per heavy atom. The van der Waals surface area contributed by atoms with Gasteiger partial charge >= 0.3 is 5.97 Å². The van der Waals surface area contributed by atoms with Gasteiger partial charge in [0.2, 0.25) is 10.0 Å². The van der Waals surface area contributed by atoms with Crippen LogP contribution in [0.25, 0.3) is 0 Å². The van der Waals surface area contributed by atoms with Crippen LogP contribution in [0.4, 0.5) is 4.39 Å². The fourth-order valence-corrected chi connectivity index (χ4v) is 2.08. The molecule has 7 heteroatoms. The third-order valence-corrected chi connectivity index (χ3v) is 3.72. The van der Waals surface area contributed by atoms with Crippen LogP contribution in [-0.4, -0.2) is 20.5 Å². The highest BCUT2D eigenvalue weighted by Gasteiger charge is 2.25. The molecule has 0 aliphatic heterocycles. The number of nitrogens with two attached hydrogens (primary N) is 1. The molecule has 2 rings (SSSR count). The lowest BCUT2D eigenvalue weighted by Crippen LogP contribution is -2.25. The van der Waals surface area contributed by atoms with Crippen LogP contribution >= 0.6 is 0 Å². The van der Waals surface area contributed by atoms with Gasteiger partial charge in [-0.05, 0) is 37.5 Å². The number of carbonyl (C=O) groups excluding carboxylic acids is 1. The van der Waals surface area contributed by atoms with Crippen molar-refractivity contribution in [2.45, 2.75) is 30.3 Å². The highest BCUT2D eigenvalue weighted by atomic mass is 32.2. The number of carbonyl (C=O) groups is 1. The minimum atomic E-state index is -3.97. The molecule has 1 aromatic rings. The Balaban J connectivity index is 2.28. The van der Waals surface area contributed by atoms with Crippen molar-refractivity contribution in [2.24, 2.45) is 5.14 Å². The van der Waals surface area contributed by atoms with Gasteiger partial charge < -0.3 is 4.74 Å². The summed E-state index contributed by atoms with van der Waals surface area (Å²) in [6.45, 7) is 0. The van der Waals surface area contributed by atoms with Gasteiger partial charge in [-0.25, -0.2) is 22.7 Å². The summed E-state index contributed by atoms with van der Waals surface area (Å²) >= 11 is 0. The van der Waals surface area contributed by atoms with Crippen LogP contribution in [0.15, 0.2) is 23.1 Å². The quantitative estimate of drug-likeness (QED) is 0.838. The minimum Gasteiger partial charge on any atom is -0.459 e. The maximum atomic E-state index is 13.4. The first-order valence-corrected chi connectivity index (χ1v) is 6.96. The molecule has 1 saturated carbocycles. The van der Waals surface area contributed by atoms with Crippen LogP contribution in [0.5, 0.6) is 0 Å². The number of ether oxygens (including phenoxy) is 1. The summed E-state index contributed by atoms with van der Waals surface area (Å²) in [7, 11) is -3.97. The van der Waals surface area contributed by atoms with E-state index in [1.165, 1.54) is 0 Å². The fraction of sp³-hybridized carbons (Fsp3) is 0.364. The largest absolute Gasteiger partial charge is 0.459 e. The van der Waals surface area contributed by atoms with Gasteiger partial charge in [-0.2, -0.15) is 0 Å². The standard InChI is InChI=1S/C11H12FNO4S/c12-10-5-4-8(18(13,15)16)6-9(10)11(14)17-7-2-1-3-7/h4-7H,1-3H2,(H2,13,15,16). The van der Waals surface area contributed by atoms with Crippen LogP contribution in [0.3, 0.4) is 0 Å². The first-order chi connectivity index (χ1) is 8.38. The summed E-state index contributed by atoms with van der Waals surface area (Å²) in [6, 6.07) is 2.79. The van der Waals surface area contributed by atoms with Crippen LogP contribution in [0.2, 0.25) is 0 Å². The average molecular weight is 273 g/mol. The SMILES string of the molecule is NS(=O)(=O)c1ccc(F)c(C(=O)OC2CCC2)c1. The van der Waals surface area contributed by atoms with Gasteiger partial charge in [-0.15, -0.1) is 0 Å². The second-order valence-electron chi connectivity index (χ2n) is 4.14. The Bertz CT molecular complexity index is 581. The zero-order chi connectivity index (χ0) is 13.3. The summed E-state index contributed by atoms with van der Waals surface area (Å²) in [5.41, 5.74) is -0.409. The van der Waals surface area contributed by atoms with Crippen molar-refractivity contribution in [3.8, 4) is 0 Å². The molecule has 0 heterocycles. The lowest BCUT2D eigenvalue weighted by Gasteiger charge is -2.25. The van der Waals surface area contributed by atoms with E-state index in [0.29, 0.717) is 0 Å². The van der Waals surface area contributed by atoms with Crippen LogP contribution in [0, 0.1) is 5.82 Å². The van der Waals surface area contributed by atoms with Crippen molar-refractivity contribution in [2.75, 3.05) is 0 Å². The predicted molar refractivity (Wildman–Crippen MR) is 60.8 cm³/mol. The Morgan fingerprint density at radius 3 is 2.56 bits per heavy atom. The number of hydrogen-bond donors (Lipinski definition) is 1. The van der Waals surface area contributed by atoms with E-state index in [4.69, 9.17) is 9.88 Å². The summed E-state index contributed by atoms with van der Waals surface area (Å²) in [5.74, 6) is -1.69. The molecule has 0 atom stereocenters. The van der Waals surface area contributed by atoms with E-state index in [-0.39, 0.29) is 11.0 Å². The molecule has 0 unspecified atom stereocenters. The Hall–Kier alpha value is -1.47. The summed E-state index contributed by atoms with van der Waals surface area (Å²) in [6.07, 6.45) is 2.28. The molecular formula is C11H12FNO4S. The Kier molecular flexibility index (Phi) is 3.36. The van der Waals surface area contributed by atoms with E-state index < -0.39 is 27.4 Å². The van der Waals surface area contributed by atoms with Crippen molar-refractivity contribution in [1.82, 2.24) is 0 Å². The van der Waals surface area contributed by atoms with Gasteiger partial charge in [0.15, 0.2) is 0 Å². The number of sulfonamides is 1. The molecule has 0 aromatic heterocycles. The van der Waals surface area contributed by atoms with Gasteiger partial charge in [-0.1, -0.05) is 0 Å². The molecule has 0 saturated heterocycles. The van der Waals surface area contributed by atoms with E-state index in [9.17, 15) is 17.6 Å². The summed E-state index contributed by atoms with van der Waals surface area (Å²) < 4.78 is 40.7. The molecule has 0 spiro atoms. The van der Waals surface area contributed by atoms with Crippen molar-refractivity contribution < 1.29 is 22.3 Å².